The average molecular weight is 245 g/mol. The second kappa shape index (κ2) is 6.69. The minimum Gasteiger partial charge on any atom is -0.369 e. The van der Waals surface area contributed by atoms with Crippen LogP contribution in [0.15, 0.2) is 18.3 Å². The van der Waals surface area contributed by atoms with Crippen molar-refractivity contribution >= 4 is 17.4 Å². The van der Waals surface area contributed by atoms with E-state index in [1.54, 1.807) is 6.07 Å². The van der Waals surface area contributed by atoms with Crippen molar-refractivity contribution in [2.24, 2.45) is 5.92 Å². The quantitative estimate of drug-likeness (QED) is 0.773. The first-order valence-electron chi connectivity index (χ1n) is 5.66. The van der Waals surface area contributed by atoms with Crippen molar-refractivity contribution in [2.45, 2.75) is 32.1 Å². The lowest BCUT2D eigenvalue weighted by Gasteiger charge is -2.19. The zero-order chi connectivity index (χ0) is 12.0. The van der Waals surface area contributed by atoms with Crippen LogP contribution in [-0.2, 0) is 0 Å². The Morgan fingerprint density at radius 3 is 2.56 bits per heavy atom. The molecule has 1 aromatic rings. The number of nitrogens with one attached hydrogen (secondary N) is 1. The lowest BCUT2D eigenvalue weighted by atomic mass is 9.99. The summed E-state index contributed by atoms with van der Waals surface area (Å²) < 4.78 is 12.6. The summed E-state index contributed by atoms with van der Waals surface area (Å²) in [5, 5.41) is 3.20. The summed E-state index contributed by atoms with van der Waals surface area (Å²) in [4.78, 5) is 3.92. The molecule has 0 aliphatic rings. The lowest BCUT2D eigenvalue weighted by Crippen LogP contribution is -2.23. The van der Waals surface area contributed by atoms with Crippen LogP contribution < -0.4 is 5.32 Å². The van der Waals surface area contributed by atoms with Gasteiger partial charge in [-0.1, -0.05) is 26.7 Å². The molecule has 0 bridgehead atoms. The molecule has 0 spiro atoms. The number of hydrogen-bond acceptors (Lipinski definition) is 2. The Hall–Kier alpha value is -0.830. The highest BCUT2D eigenvalue weighted by Crippen LogP contribution is 2.18. The van der Waals surface area contributed by atoms with E-state index in [0.717, 1.165) is 12.8 Å². The fourth-order valence-corrected chi connectivity index (χ4v) is 2.08. The highest BCUT2D eigenvalue weighted by molar-refractivity contribution is 6.21. The summed E-state index contributed by atoms with van der Waals surface area (Å²) in [7, 11) is 0. The molecule has 0 aliphatic carbocycles. The largest absolute Gasteiger partial charge is 0.369 e. The summed E-state index contributed by atoms with van der Waals surface area (Å²) in [6, 6.07) is 3.00. The van der Waals surface area contributed by atoms with E-state index in [-0.39, 0.29) is 11.2 Å². The first-order valence-corrected chi connectivity index (χ1v) is 6.10. The van der Waals surface area contributed by atoms with Gasteiger partial charge in [0.25, 0.3) is 0 Å². The van der Waals surface area contributed by atoms with Crippen LogP contribution in [0.1, 0.15) is 26.7 Å². The minimum absolute atomic E-state index is 0.0850. The molecule has 1 atom stereocenters. The van der Waals surface area contributed by atoms with Gasteiger partial charge in [0, 0.05) is 6.54 Å². The van der Waals surface area contributed by atoms with Crippen LogP contribution in [0.3, 0.4) is 0 Å². The molecule has 0 aromatic carbocycles. The smallest absolute Gasteiger partial charge is 0.141 e. The Balaban J connectivity index is 2.42. The maximum Gasteiger partial charge on any atom is 0.141 e. The van der Waals surface area contributed by atoms with Crippen molar-refractivity contribution in [3.63, 3.8) is 0 Å². The Morgan fingerprint density at radius 1 is 1.38 bits per heavy atom. The van der Waals surface area contributed by atoms with Crippen molar-refractivity contribution in [1.29, 1.82) is 0 Å². The molecule has 0 amide bonds. The molecule has 1 rings (SSSR count). The van der Waals surface area contributed by atoms with Crippen LogP contribution in [0.2, 0.25) is 0 Å². The van der Waals surface area contributed by atoms with Gasteiger partial charge in [-0.15, -0.1) is 11.6 Å². The molecule has 1 aromatic heterocycles. The molecule has 1 unspecified atom stereocenters. The second-order valence-electron chi connectivity index (χ2n) is 3.84. The van der Waals surface area contributed by atoms with E-state index in [1.165, 1.54) is 12.3 Å². The van der Waals surface area contributed by atoms with E-state index in [4.69, 9.17) is 11.6 Å². The van der Waals surface area contributed by atoms with Gasteiger partial charge in [0.2, 0.25) is 0 Å². The molecular weight excluding hydrogens is 227 g/mol. The monoisotopic (exact) mass is 244 g/mol. The Morgan fingerprint density at radius 2 is 2.06 bits per heavy atom. The number of hydrogen-bond donors (Lipinski definition) is 1. The number of anilines is 1. The fourth-order valence-electron chi connectivity index (χ4n) is 1.65. The van der Waals surface area contributed by atoms with Gasteiger partial charge in [0.05, 0.1) is 11.6 Å². The van der Waals surface area contributed by atoms with Gasteiger partial charge in [0.1, 0.15) is 11.6 Å². The SMILES string of the molecule is CCC(CC)C(Cl)CNc1ccc(F)cn1. The standard InChI is InChI=1S/C12H18ClFN2/c1-3-9(4-2)11(13)8-16-12-6-5-10(14)7-15-12/h5-7,9,11H,3-4,8H2,1-2H3,(H,15,16). The van der Waals surface area contributed by atoms with Crippen LogP contribution in [0.25, 0.3) is 0 Å². The van der Waals surface area contributed by atoms with Gasteiger partial charge in [0.15, 0.2) is 0 Å². The average Bonchev–Trinajstić information content (AvgIpc) is 2.30. The molecule has 1 N–H and O–H groups in total. The maximum atomic E-state index is 12.6. The number of aromatic nitrogens is 1. The predicted octanol–water partition coefficient (Wildman–Crippen LogP) is 3.68. The third-order valence-corrected chi connectivity index (χ3v) is 3.28. The molecule has 0 aliphatic heterocycles. The van der Waals surface area contributed by atoms with Crippen molar-refractivity contribution < 1.29 is 4.39 Å². The summed E-state index contributed by atoms with van der Waals surface area (Å²) >= 11 is 6.26. The number of pyridine rings is 1. The second-order valence-corrected chi connectivity index (χ2v) is 4.40. The molecule has 0 fully saturated rings. The minimum atomic E-state index is -0.326. The molecule has 0 saturated heterocycles. The van der Waals surface area contributed by atoms with Gasteiger partial charge < -0.3 is 5.32 Å². The molecular formula is C12H18ClFN2. The third kappa shape index (κ3) is 3.97. The number of halogens is 2. The van der Waals surface area contributed by atoms with Gasteiger partial charge in [-0.3, -0.25) is 0 Å². The van der Waals surface area contributed by atoms with Crippen LogP contribution in [0.4, 0.5) is 10.2 Å². The Labute approximate surface area is 101 Å². The van der Waals surface area contributed by atoms with Crippen LogP contribution in [-0.4, -0.2) is 16.9 Å². The van der Waals surface area contributed by atoms with Crippen molar-refractivity contribution in [3.8, 4) is 0 Å². The van der Waals surface area contributed by atoms with Crippen LogP contribution in [0.5, 0.6) is 0 Å². The zero-order valence-electron chi connectivity index (χ0n) is 9.71. The Bertz CT molecular complexity index is 298. The van der Waals surface area contributed by atoms with Gasteiger partial charge in [-0.05, 0) is 18.1 Å². The highest BCUT2D eigenvalue weighted by Gasteiger charge is 2.15. The molecule has 4 heteroatoms. The van der Waals surface area contributed by atoms with E-state index in [2.05, 4.69) is 24.1 Å². The number of nitrogens with zero attached hydrogens (tertiary/aromatic N) is 1. The highest BCUT2D eigenvalue weighted by atomic mass is 35.5. The lowest BCUT2D eigenvalue weighted by molar-refractivity contribution is 0.475. The van der Waals surface area contributed by atoms with E-state index >= 15 is 0 Å². The summed E-state index contributed by atoms with van der Waals surface area (Å²) in [5.74, 6) is 0.848. The van der Waals surface area contributed by atoms with Crippen molar-refractivity contribution in [3.05, 3.63) is 24.1 Å². The molecule has 0 saturated carbocycles. The van der Waals surface area contributed by atoms with E-state index in [9.17, 15) is 4.39 Å². The predicted molar refractivity (Wildman–Crippen MR) is 66.4 cm³/mol. The van der Waals surface area contributed by atoms with E-state index < -0.39 is 0 Å². The van der Waals surface area contributed by atoms with E-state index in [1.807, 2.05) is 0 Å². The molecule has 2 nitrogen and oxygen atoms in total. The molecule has 1 heterocycles. The first kappa shape index (κ1) is 13.2. The molecule has 90 valence electrons. The first-order chi connectivity index (χ1) is 7.67. The number of alkyl halides is 1. The fraction of sp³-hybridized carbons (Fsp3) is 0.583. The number of rotatable bonds is 6. The van der Waals surface area contributed by atoms with Gasteiger partial charge >= 0.3 is 0 Å². The normalized spacial score (nSPS) is 12.8. The zero-order valence-corrected chi connectivity index (χ0v) is 10.5. The summed E-state index contributed by atoms with van der Waals surface area (Å²) in [6.07, 6.45) is 3.34. The summed E-state index contributed by atoms with van der Waals surface area (Å²) in [6.45, 7) is 4.94. The van der Waals surface area contributed by atoms with E-state index in [0.29, 0.717) is 18.3 Å². The molecule has 0 radical (unpaired) electrons. The van der Waals surface area contributed by atoms with Gasteiger partial charge in [-0.2, -0.15) is 0 Å². The summed E-state index contributed by atoms with van der Waals surface area (Å²) in [5.41, 5.74) is 0. The Kier molecular flexibility index (Phi) is 5.53. The van der Waals surface area contributed by atoms with Crippen LogP contribution >= 0.6 is 11.6 Å². The maximum absolute atomic E-state index is 12.6. The third-order valence-electron chi connectivity index (χ3n) is 2.77. The van der Waals surface area contributed by atoms with Crippen LogP contribution in [0, 0.1) is 11.7 Å². The molecule has 16 heavy (non-hydrogen) atoms. The van der Waals surface area contributed by atoms with Crippen molar-refractivity contribution in [1.82, 2.24) is 4.98 Å². The topological polar surface area (TPSA) is 24.9 Å². The van der Waals surface area contributed by atoms with Crippen molar-refractivity contribution in [2.75, 3.05) is 11.9 Å². The van der Waals surface area contributed by atoms with Gasteiger partial charge in [-0.25, -0.2) is 9.37 Å².